The minimum atomic E-state index is -0.0831. The highest BCUT2D eigenvalue weighted by Gasteiger charge is 2.36. The van der Waals surface area contributed by atoms with Crippen molar-refractivity contribution in [1.82, 2.24) is 4.90 Å². The van der Waals surface area contributed by atoms with Gasteiger partial charge in [0.15, 0.2) is 16.7 Å². The Balaban J connectivity index is 1.50. The Labute approximate surface area is 191 Å². The quantitative estimate of drug-likeness (QED) is 0.597. The Bertz CT molecular complexity index is 1060. The number of nitrogens with zero attached hydrogens (tertiary/aromatic N) is 2. The molecule has 166 valence electrons. The maximum Gasteiger partial charge on any atom is 0.266 e. The van der Waals surface area contributed by atoms with E-state index < -0.39 is 0 Å². The van der Waals surface area contributed by atoms with E-state index in [2.05, 4.69) is 0 Å². The van der Waals surface area contributed by atoms with Gasteiger partial charge in [-0.2, -0.15) is 0 Å². The fraction of sp³-hybridized carbons (Fsp3) is 0.333. The summed E-state index contributed by atoms with van der Waals surface area (Å²) in [6.45, 7) is 3.84. The fourth-order valence-corrected chi connectivity index (χ4v) is 4.83. The van der Waals surface area contributed by atoms with Crippen LogP contribution in [0.25, 0.3) is 6.08 Å². The summed E-state index contributed by atoms with van der Waals surface area (Å²) in [6.07, 6.45) is 3.84. The number of amidine groups is 1. The molecule has 0 radical (unpaired) electrons. The van der Waals surface area contributed by atoms with Crippen molar-refractivity contribution in [2.24, 2.45) is 4.99 Å². The van der Waals surface area contributed by atoms with Crippen LogP contribution in [0.15, 0.2) is 52.4 Å². The average molecular weight is 453 g/mol. The van der Waals surface area contributed by atoms with E-state index in [0.29, 0.717) is 40.5 Å². The standard InChI is InChI=1S/C24H24N2O5S/c1-2-28-19-13-21-20(30-15-31-21)11-16(19)12-22-23(27)26(14-18-9-6-10-29-18)24(32-22)25-17-7-4-3-5-8-17/h3-5,7-8,11-13,18H,2,6,9-10,14-15H2,1H3. The van der Waals surface area contributed by atoms with E-state index in [1.165, 1.54) is 11.8 Å². The Morgan fingerprint density at radius 2 is 2.03 bits per heavy atom. The van der Waals surface area contributed by atoms with Gasteiger partial charge in [-0.05, 0) is 55.8 Å². The van der Waals surface area contributed by atoms with Crippen LogP contribution >= 0.6 is 11.8 Å². The molecule has 3 aliphatic rings. The van der Waals surface area contributed by atoms with Crippen molar-refractivity contribution in [3.8, 4) is 17.2 Å². The molecule has 7 nitrogen and oxygen atoms in total. The lowest BCUT2D eigenvalue weighted by Gasteiger charge is -2.19. The molecule has 2 aromatic carbocycles. The Morgan fingerprint density at radius 1 is 1.22 bits per heavy atom. The molecule has 0 saturated carbocycles. The van der Waals surface area contributed by atoms with Crippen LogP contribution in [0.1, 0.15) is 25.3 Å². The minimum absolute atomic E-state index is 0.0319. The summed E-state index contributed by atoms with van der Waals surface area (Å²) in [5, 5.41) is 0.654. The number of amides is 1. The topological polar surface area (TPSA) is 69.6 Å². The van der Waals surface area contributed by atoms with Gasteiger partial charge in [-0.3, -0.25) is 9.69 Å². The van der Waals surface area contributed by atoms with Gasteiger partial charge in [-0.15, -0.1) is 0 Å². The van der Waals surface area contributed by atoms with E-state index in [0.717, 1.165) is 30.7 Å². The Morgan fingerprint density at radius 3 is 2.78 bits per heavy atom. The lowest BCUT2D eigenvalue weighted by molar-refractivity contribution is -0.123. The molecule has 32 heavy (non-hydrogen) atoms. The van der Waals surface area contributed by atoms with Crippen molar-refractivity contribution < 1.29 is 23.7 Å². The van der Waals surface area contributed by atoms with Gasteiger partial charge in [0.25, 0.3) is 5.91 Å². The molecule has 2 saturated heterocycles. The third-order valence-corrected chi connectivity index (χ3v) is 6.38. The molecule has 5 rings (SSSR count). The molecule has 3 aliphatic heterocycles. The van der Waals surface area contributed by atoms with Gasteiger partial charge in [0.2, 0.25) is 6.79 Å². The number of carbonyl (C=O) groups is 1. The predicted molar refractivity (Wildman–Crippen MR) is 124 cm³/mol. The maximum atomic E-state index is 13.4. The van der Waals surface area contributed by atoms with E-state index in [1.54, 1.807) is 4.90 Å². The van der Waals surface area contributed by atoms with Crippen LogP contribution in [0.4, 0.5) is 5.69 Å². The minimum Gasteiger partial charge on any atom is -0.493 e. The Kier molecular flexibility index (Phi) is 6.05. The molecule has 0 bridgehead atoms. The molecule has 2 aromatic rings. The van der Waals surface area contributed by atoms with E-state index in [9.17, 15) is 4.79 Å². The van der Waals surface area contributed by atoms with Crippen LogP contribution in [0.2, 0.25) is 0 Å². The summed E-state index contributed by atoms with van der Waals surface area (Å²) in [5.74, 6) is 1.86. The summed E-state index contributed by atoms with van der Waals surface area (Å²) in [6, 6.07) is 13.3. The first-order valence-corrected chi connectivity index (χ1v) is 11.6. The monoisotopic (exact) mass is 452 g/mol. The van der Waals surface area contributed by atoms with Crippen molar-refractivity contribution in [3.63, 3.8) is 0 Å². The van der Waals surface area contributed by atoms with Gasteiger partial charge in [0.05, 0.1) is 29.8 Å². The van der Waals surface area contributed by atoms with E-state index in [4.69, 9.17) is 23.9 Å². The number of hydrogen-bond acceptors (Lipinski definition) is 7. The number of fused-ring (bicyclic) bond motifs is 1. The van der Waals surface area contributed by atoms with Crippen LogP contribution in [0.5, 0.6) is 17.2 Å². The molecule has 1 atom stereocenters. The molecule has 0 spiro atoms. The van der Waals surface area contributed by atoms with E-state index in [-0.39, 0.29) is 18.8 Å². The zero-order valence-corrected chi connectivity index (χ0v) is 18.6. The van der Waals surface area contributed by atoms with Gasteiger partial charge < -0.3 is 18.9 Å². The number of thioether (sulfide) groups is 1. The number of ether oxygens (including phenoxy) is 4. The van der Waals surface area contributed by atoms with Crippen molar-refractivity contribution in [3.05, 3.63) is 52.9 Å². The third kappa shape index (κ3) is 4.33. The first kappa shape index (κ1) is 20.9. The molecular weight excluding hydrogens is 428 g/mol. The van der Waals surface area contributed by atoms with Crippen molar-refractivity contribution in [1.29, 1.82) is 0 Å². The SMILES string of the molecule is CCOc1cc2c(cc1C=C1SC(=Nc3ccccc3)N(CC3CCCO3)C1=O)OCO2. The summed E-state index contributed by atoms with van der Waals surface area (Å²) in [4.78, 5) is 20.5. The Hall–Kier alpha value is -2.97. The zero-order chi connectivity index (χ0) is 21.9. The second-order valence-corrected chi connectivity index (χ2v) is 8.58. The highest BCUT2D eigenvalue weighted by Crippen LogP contribution is 2.41. The molecule has 0 aliphatic carbocycles. The maximum absolute atomic E-state index is 13.4. The molecule has 3 heterocycles. The molecule has 2 fully saturated rings. The van der Waals surface area contributed by atoms with Gasteiger partial charge >= 0.3 is 0 Å². The summed E-state index contributed by atoms with van der Waals surface area (Å²) in [7, 11) is 0. The van der Waals surface area contributed by atoms with Crippen molar-refractivity contribution in [2.45, 2.75) is 25.9 Å². The largest absolute Gasteiger partial charge is 0.493 e. The molecular formula is C24H24N2O5S. The smallest absolute Gasteiger partial charge is 0.266 e. The zero-order valence-electron chi connectivity index (χ0n) is 17.8. The molecule has 8 heteroatoms. The molecule has 0 N–H and O–H groups in total. The van der Waals surface area contributed by atoms with Crippen LogP contribution in [0.3, 0.4) is 0 Å². The lowest BCUT2D eigenvalue weighted by Crippen LogP contribution is -2.36. The van der Waals surface area contributed by atoms with Crippen LogP contribution < -0.4 is 14.2 Å². The van der Waals surface area contributed by atoms with Crippen molar-refractivity contribution in [2.75, 3.05) is 26.6 Å². The molecule has 0 aromatic heterocycles. The van der Waals surface area contributed by atoms with E-state index in [1.807, 2.05) is 55.5 Å². The number of hydrogen-bond donors (Lipinski definition) is 0. The number of aliphatic imine (C=N–C) groups is 1. The van der Waals surface area contributed by atoms with Crippen LogP contribution in [0, 0.1) is 0 Å². The highest BCUT2D eigenvalue weighted by atomic mass is 32.2. The lowest BCUT2D eigenvalue weighted by atomic mass is 10.1. The highest BCUT2D eigenvalue weighted by molar-refractivity contribution is 8.18. The normalized spacial score (nSPS) is 22.3. The van der Waals surface area contributed by atoms with Gasteiger partial charge in [0, 0.05) is 18.2 Å². The number of carbonyl (C=O) groups excluding carboxylic acids is 1. The second-order valence-electron chi connectivity index (χ2n) is 7.57. The second kappa shape index (κ2) is 9.26. The average Bonchev–Trinajstić information content (AvgIpc) is 3.53. The van der Waals surface area contributed by atoms with Gasteiger partial charge in [-0.1, -0.05) is 18.2 Å². The van der Waals surface area contributed by atoms with Crippen molar-refractivity contribution >= 4 is 34.6 Å². The summed E-state index contributed by atoms with van der Waals surface area (Å²) >= 11 is 1.36. The van der Waals surface area contributed by atoms with E-state index >= 15 is 0 Å². The van der Waals surface area contributed by atoms with Gasteiger partial charge in [-0.25, -0.2) is 4.99 Å². The van der Waals surface area contributed by atoms with Gasteiger partial charge in [0.1, 0.15) is 5.75 Å². The third-order valence-electron chi connectivity index (χ3n) is 5.37. The predicted octanol–water partition coefficient (Wildman–Crippen LogP) is 4.60. The molecule has 1 unspecified atom stereocenters. The molecule has 1 amide bonds. The summed E-state index contributed by atoms with van der Waals surface area (Å²) in [5.41, 5.74) is 1.57. The first-order chi connectivity index (χ1) is 15.7. The number of rotatable bonds is 6. The van der Waals surface area contributed by atoms with Crippen LogP contribution in [-0.4, -0.2) is 48.6 Å². The van der Waals surface area contributed by atoms with Crippen LogP contribution in [-0.2, 0) is 9.53 Å². The summed E-state index contributed by atoms with van der Waals surface area (Å²) < 4.78 is 22.6. The number of para-hydroxylation sites is 1. The number of benzene rings is 2. The fourth-order valence-electron chi connectivity index (χ4n) is 3.83. The first-order valence-electron chi connectivity index (χ1n) is 10.7.